The number of aryl methyl sites for hydroxylation is 1. The van der Waals surface area contributed by atoms with Crippen LogP contribution in [0.15, 0.2) is 17.1 Å². The minimum Gasteiger partial charge on any atom is -0.507 e. The van der Waals surface area contributed by atoms with Gasteiger partial charge in [-0.3, -0.25) is 0 Å². The molecule has 4 heteroatoms. The lowest BCUT2D eigenvalue weighted by Crippen LogP contribution is -2.12. The van der Waals surface area contributed by atoms with Crippen LogP contribution in [0.3, 0.4) is 0 Å². The summed E-state index contributed by atoms with van der Waals surface area (Å²) >= 11 is 0. The Bertz CT molecular complexity index is 421. The van der Waals surface area contributed by atoms with Crippen LogP contribution in [0.4, 0.5) is 0 Å². The van der Waals surface area contributed by atoms with Crippen molar-refractivity contribution in [2.45, 2.75) is 20.0 Å². The predicted octanol–water partition coefficient (Wildman–Crippen LogP) is 1.60. The minimum atomic E-state index is 0.177. The number of hydrogen-bond acceptors (Lipinski definition) is 4. The molecule has 86 valence electrons. The molecule has 1 aromatic carbocycles. The maximum atomic E-state index is 10.0. The molecule has 0 saturated heterocycles. The number of rotatable bonds is 4. The van der Waals surface area contributed by atoms with Gasteiger partial charge in [0.15, 0.2) is 0 Å². The normalized spacial score (nSPS) is 10.2. The van der Waals surface area contributed by atoms with E-state index in [0.717, 1.165) is 11.1 Å². The molecule has 0 aliphatic carbocycles. The van der Waals surface area contributed by atoms with E-state index in [2.05, 4.69) is 4.99 Å². The number of phenolic OH excluding ortho intramolecular Hbond substituents is 1. The number of nitrogens with zero attached hydrogens (tertiary/aromatic N) is 2. The lowest BCUT2D eigenvalue weighted by Gasteiger charge is -2.15. The van der Waals surface area contributed by atoms with E-state index in [9.17, 15) is 9.90 Å². The second-order valence-corrected chi connectivity index (χ2v) is 4.01. The van der Waals surface area contributed by atoms with Crippen LogP contribution in [0, 0.1) is 6.92 Å². The highest BCUT2D eigenvalue weighted by Crippen LogP contribution is 2.27. The van der Waals surface area contributed by atoms with Gasteiger partial charge in [0.25, 0.3) is 0 Å². The van der Waals surface area contributed by atoms with Crippen molar-refractivity contribution in [1.82, 2.24) is 4.90 Å². The fourth-order valence-corrected chi connectivity index (χ4v) is 1.55. The second kappa shape index (κ2) is 5.45. The van der Waals surface area contributed by atoms with Crippen LogP contribution in [0.25, 0.3) is 0 Å². The van der Waals surface area contributed by atoms with Gasteiger partial charge in [0.2, 0.25) is 6.08 Å². The van der Waals surface area contributed by atoms with Gasteiger partial charge in [-0.25, -0.2) is 9.79 Å². The molecule has 0 amide bonds. The van der Waals surface area contributed by atoms with E-state index in [1.807, 2.05) is 32.0 Å². The van der Waals surface area contributed by atoms with Gasteiger partial charge >= 0.3 is 0 Å². The summed E-state index contributed by atoms with van der Waals surface area (Å²) in [5.74, 6) is 0.229. The molecule has 0 heterocycles. The fraction of sp³-hybridized carbons (Fsp3) is 0.417. The van der Waals surface area contributed by atoms with E-state index >= 15 is 0 Å². The third-order valence-corrected chi connectivity index (χ3v) is 2.39. The monoisotopic (exact) mass is 220 g/mol. The molecule has 1 aromatic rings. The molecule has 1 rings (SSSR count). The van der Waals surface area contributed by atoms with Crippen molar-refractivity contribution in [2.75, 3.05) is 14.1 Å². The second-order valence-electron chi connectivity index (χ2n) is 4.01. The van der Waals surface area contributed by atoms with Crippen molar-refractivity contribution < 1.29 is 9.90 Å². The van der Waals surface area contributed by atoms with E-state index in [1.165, 1.54) is 6.08 Å². The summed E-state index contributed by atoms with van der Waals surface area (Å²) < 4.78 is 0. The molecular weight excluding hydrogens is 204 g/mol. The molecule has 0 fully saturated rings. The molecule has 0 bridgehead atoms. The van der Waals surface area contributed by atoms with Crippen molar-refractivity contribution in [2.24, 2.45) is 4.99 Å². The van der Waals surface area contributed by atoms with E-state index in [-0.39, 0.29) is 12.3 Å². The topological polar surface area (TPSA) is 52.9 Å². The zero-order valence-corrected chi connectivity index (χ0v) is 9.82. The Hall–Kier alpha value is -1.64. The number of hydrogen-bond donors (Lipinski definition) is 1. The van der Waals surface area contributed by atoms with Gasteiger partial charge in [0.05, 0.1) is 6.54 Å². The third-order valence-electron chi connectivity index (χ3n) is 2.39. The molecule has 0 unspecified atom stereocenters. The molecule has 0 saturated carbocycles. The largest absolute Gasteiger partial charge is 0.507 e. The van der Waals surface area contributed by atoms with Crippen LogP contribution in [-0.4, -0.2) is 30.2 Å². The highest BCUT2D eigenvalue weighted by atomic mass is 16.3. The van der Waals surface area contributed by atoms with Gasteiger partial charge in [-0.05, 0) is 26.6 Å². The number of isocyanates is 1. The van der Waals surface area contributed by atoms with Crippen LogP contribution in [-0.2, 0) is 17.9 Å². The van der Waals surface area contributed by atoms with E-state index in [0.29, 0.717) is 12.1 Å². The van der Waals surface area contributed by atoms with E-state index in [4.69, 9.17) is 0 Å². The third kappa shape index (κ3) is 2.92. The molecule has 4 nitrogen and oxygen atoms in total. The average Bonchev–Trinajstić information content (AvgIpc) is 2.23. The van der Waals surface area contributed by atoms with Gasteiger partial charge in [-0.15, -0.1) is 0 Å². The summed E-state index contributed by atoms with van der Waals surface area (Å²) in [7, 11) is 3.88. The average molecular weight is 220 g/mol. The van der Waals surface area contributed by atoms with Gasteiger partial charge in [0.1, 0.15) is 5.75 Å². The summed E-state index contributed by atoms with van der Waals surface area (Å²) in [4.78, 5) is 15.5. The molecule has 0 spiro atoms. The summed E-state index contributed by atoms with van der Waals surface area (Å²) in [6, 6.07) is 3.71. The molecule has 1 N–H and O–H groups in total. The molecule has 0 aromatic heterocycles. The van der Waals surface area contributed by atoms with Gasteiger partial charge in [-0.2, -0.15) is 0 Å². The van der Waals surface area contributed by atoms with Gasteiger partial charge in [-0.1, -0.05) is 12.1 Å². The van der Waals surface area contributed by atoms with Crippen molar-refractivity contribution >= 4 is 6.08 Å². The van der Waals surface area contributed by atoms with E-state index in [1.54, 1.807) is 6.07 Å². The highest BCUT2D eigenvalue weighted by molar-refractivity contribution is 5.46. The van der Waals surface area contributed by atoms with Crippen LogP contribution < -0.4 is 0 Å². The Balaban J connectivity index is 3.10. The molecule has 0 radical (unpaired) electrons. The Kier molecular flexibility index (Phi) is 4.23. The molecule has 16 heavy (non-hydrogen) atoms. The van der Waals surface area contributed by atoms with Gasteiger partial charge in [0, 0.05) is 17.7 Å². The lowest BCUT2D eigenvalue weighted by molar-refractivity contribution is 0.383. The first-order valence-electron chi connectivity index (χ1n) is 5.05. The first-order chi connectivity index (χ1) is 7.56. The molecule has 0 atom stereocenters. The number of carbonyl (C=O) groups excluding carboxylic acids is 1. The van der Waals surface area contributed by atoms with Crippen molar-refractivity contribution in [3.8, 4) is 5.75 Å². The van der Waals surface area contributed by atoms with Crippen molar-refractivity contribution in [3.05, 3.63) is 28.8 Å². The Morgan fingerprint density at radius 3 is 2.69 bits per heavy atom. The Morgan fingerprint density at radius 1 is 1.44 bits per heavy atom. The van der Waals surface area contributed by atoms with Crippen molar-refractivity contribution in [1.29, 1.82) is 0 Å². The van der Waals surface area contributed by atoms with Crippen LogP contribution in [0.1, 0.15) is 16.7 Å². The molecular formula is C12H16N2O2. The molecule has 0 aliphatic heterocycles. The Morgan fingerprint density at radius 2 is 2.12 bits per heavy atom. The summed E-state index contributed by atoms with van der Waals surface area (Å²) in [5.41, 5.74) is 2.57. The summed E-state index contributed by atoms with van der Waals surface area (Å²) in [6.45, 7) is 2.79. The Labute approximate surface area is 95.2 Å². The molecule has 0 aliphatic rings. The van der Waals surface area contributed by atoms with Gasteiger partial charge < -0.3 is 10.0 Å². The van der Waals surface area contributed by atoms with Crippen LogP contribution >= 0.6 is 0 Å². The van der Waals surface area contributed by atoms with Crippen LogP contribution in [0.5, 0.6) is 5.75 Å². The maximum absolute atomic E-state index is 10.0. The zero-order chi connectivity index (χ0) is 12.1. The zero-order valence-electron chi connectivity index (χ0n) is 9.82. The number of aromatic hydroxyl groups is 1. The smallest absolute Gasteiger partial charge is 0.235 e. The number of aliphatic imine (C=N–C) groups is 1. The minimum absolute atomic E-state index is 0.177. The number of phenols is 1. The van der Waals surface area contributed by atoms with E-state index < -0.39 is 0 Å². The summed E-state index contributed by atoms with van der Waals surface area (Å²) in [5, 5.41) is 10.0. The summed E-state index contributed by atoms with van der Waals surface area (Å²) in [6.07, 6.45) is 1.47. The lowest BCUT2D eigenvalue weighted by atomic mass is 10.0. The SMILES string of the molecule is Cc1ccc(CN=C=O)c(O)c1CN(C)C. The van der Waals surface area contributed by atoms with Crippen LogP contribution in [0.2, 0.25) is 0 Å². The maximum Gasteiger partial charge on any atom is 0.235 e. The predicted molar refractivity (Wildman–Crippen MR) is 62.1 cm³/mol. The number of benzene rings is 1. The highest BCUT2D eigenvalue weighted by Gasteiger charge is 2.10. The first kappa shape index (κ1) is 12.4. The first-order valence-corrected chi connectivity index (χ1v) is 5.05. The van der Waals surface area contributed by atoms with Crippen molar-refractivity contribution in [3.63, 3.8) is 0 Å². The fourth-order valence-electron chi connectivity index (χ4n) is 1.55. The standard InChI is InChI=1S/C12H16N2O2/c1-9-4-5-10(6-13-8-15)12(16)11(9)7-14(2)3/h4-5,16H,6-7H2,1-3H3. The quantitative estimate of drug-likeness (QED) is 0.619.